The molecule has 224 valence electrons. The van der Waals surface area contributed by atoms with E-state index in [0.717, 1.165) is 66.0 Å². The van der Waals surface area contributed by atoms with E-state index >= 15 is 0 Å². The minimum absolute atomic E-state index is 0.0949. The molecule has 0 aliphatic carbocycles. The van der Waals surface area contributed by atoms with Crippen molar-refractivity contribution in [3.63, 3.8) is 0 Å². The summed E-state index contributed by atoms with van der Waals surface area (Å²) in [5.74, 6) is 1.04. The fourth-order valence-corrected chi connectivity index (χ4v) is 6.04. The summed E-state index contributed by atoms with van der Waals surface area (Å²) < 4.78 is 6.20. The zero-order valence-corrected chi connectivity index (χ0v) is 25.1. The number of hydrogen-bond donors (Lipinski definition) is 1. The quantitative estimate of drug-likeness (QED) is 0.249. The van der Waals surface area contributed by atoms with E-state index in [2.05, 4.69) is 34.3 Å². The van der Waals surface area contributed by atoms with Crippen LogP contribution in [0.25, 0.3) is 10.8 Å². The number of hydrogen-bond acceptors (Lipinski definition) is 8. The van der Waals surface area contributed by atoms with E-state index < -0.39 is 0 Å². The molecule has 5 rings (SSSR count). The molecule has 2 aliphatic heterocycles. The predicted molar refractivity (Wildman–Crippen MR) is 169 cm³/mol. The average Bonchev–Trinajstić information content (AvgIpc) is 3.02. The molecule has 0 atom stereocenters. The Labute approximate surface area is 249 Å². The number of likely N-dealkylation sites (N-methyl/N-ethyl adjacent to an activating group) is 2. The van der Waals surface area contributed by atoms with E-state index in [9.17, 15) is 9.90 Å². The van der Waals surface area contributed by atoms with Crippen molar-refractivity contribution in [2.45, 2.75) is 45.6 Å². The predicted octanol–water partition coefficient (Wildman–Crippen LogP) is 4.62. The lowest BCUT2D eigenvalue weighted by Gasteiger charge is -2.34. The van der Waals surface area contributed by atoms with Crippen molar-refractivity contribution < 1.29 is 14.6 Å². The Kier molecular flexibility index (Phi) is 9.79. The van der Waals surface area contributed by atoms with Crippen LogP contribution in [0, 0.1) is 0 Å². The van der Waals surface area contributed by atoms with Crippen LogP contribution in [-0.4, -0.2) is 90.2 Å². The number of benzene rings is 2. The standard InChI is InChI=1S/C33H44N6O3/c1-4-31(41)36(3)19-20-38(5-2)32-28-14-18-39(30-23-26(40)22-25-12-7-8-13-27(25)30)24-29(28)34-33(35-32)42-21-11-17-37-15-9-6-10-16-37/h4,7-8,12-13,22-23,40H,1,5-6,9-11,14-21,24H2,2-3H3. The number of phenolic OH excluding ortho intramolecular Hbond substituents is 1. The monoisotopic (exact) mass is 572 g/mol. The van der Waals surface area contributed by atoms with Gasteiger partial charge in [0.2, 0.25) is 5.91 Å². The van der Waals surface area contributed by atoms with E-state index in [4.69, 9.17) is 14.7 Å². The topological polar surface area (TPSA) is 85.3 Å². The molecular formula is C33H44N6O3. The van der Waals surface area contributed by atoms with Gasteiger partial charge in [0.05, 0.1) is 18.8 Å². The van der Waals surface area contributed by atoms with Crippen LogP contribution in [0.2, 0.25) is 0 Å². The zero-order chi connectivity index (χ0) is 29.5. The number of phenols is 1. The molecule has 1 N–H and O–H groups in total. The highest BCUT2D eigenvalue weighted by atomic mass is 16.5. The van der Waals surface area contributed by atoms with Crippen molar-refractivity contribution in [1.29, 1.82) is 0 Å². The molecular weight excluding hydrogens is 528 g/mol. The van der Waals surface area contributed by atoms with E-state index in [1.54, 1.807) is 18.0 Å². The molecule has 2 aliphatic rings. The lowest BCUT2D eigenvalue weighted by molar-refractivity contribution is -0.124. The fraction of sp³-hybridized carbons (Fsp3) is 0.485. The van der Waals surface area contributed by atoms with Gasteiger partial charge in [-0.25, -0.2) is 0 Å². The number of piperidine rings is 1. The van der Waals surface area contributed by atoms with Crippen LogP contribution in [0.3, 0.4) is 0 Å². The Hall–Kier alpha value is -3.85. The highest BCUT2D eigenvalue weighted by molar-refractivity contribution is 5.95. The zero-order valence-electron chi connectivity index (χ0n) is 25.1. The molecule has 0 radical (unpaired) electrons. The van der Waals surface area contributed by atoms with Crippen molar-refractivity contribution in [3.8, 4) is 11.8 Å². The highest BCUT2D eigenvalue weighted by Gasteiger charge is 2.27. The molecule has 0 spiro atoms. The molecule has 9 heteroatoms. The number of amides is 1. The van der Waals surface area contributed by atoms with Crippen LogP contribution in [0.1, 0.15) is 43.9 Å². The molecule has 1 aromatic heterocycles. The van der Waals surface area contributed by atoms with Gasteiger partial charge in [-0.15, -0.1) is 0 Å². The van der Waals surface area contributed by atoms with Crippen LogP contribution >= 0.6 is 0 Å². The first-order valence-electron chi connectivity index (χ1n) is 15.3. The third-order valence-electron chi connectivity index (χ3n) is 8.42. The summed E-state index contributed by atoms with van der Waals surface area (Å²) in [5, 5.41) is 12.6. The second-order valence-corrected chi connectivity index (χ2v) is 11.3. The second-order valence-electron chi connectivity index (χ2n) is 11.3. The van der Waals surface area contributed by atoms with Crippen molar-refractivity contribution >= 4 is 28.2 Å². The van der Waals surface area contributed by atoms with Crippen LogP contribution in [0.5, 0.6) is 11.8 Å². The molecule has 0 unspecified atom stereocenters. The lowest BCUT2D eigenvalue weighted by Crippen LogP contribution is -2.38. The largest absolute Gasteiger partial charge is 0.508 e. The van der Waals surface area contributed by atoms with Crippen molar-refractivity contribution in [2.75, 3.05) is 69.3 Å². The molecule has 0 saturated carbocycles. The van der Waals surface area contributed by atoms with Gasteiger partial charge < -0.3 is 29.4 Å². The van der Waals surface area contributed by atoms with Gasteiger partial charge in [-0.05, 0) is 63.2 Å². The SMILES string of the molecule is C=CC(=O)N(C)CCN(CC)c1nc(OCCCN2CCCCC2)nc2c1CCN(c1cc(O)cc3ccccc13)C2. The van der Waals surface area contributed by atoms with Gasteiger partial charge in [-0.1, -0.05) is 37.3 Å². The third kappa shape index (κ3) is 6.95. The number of carbonyl (C=O) groups is 1. The molecule has 42 heavy (non-hydrogen) atoms. The number of aromatic hydroxyl groups is 1. The number of aromatic nitrogens is 2. The maximum absolute atomic E-state index is 12.1. The second kappa shape index (κ2) is 13.9. The van der Waals surface area contributed by atoms with Crippen LogP contribution in [0.15, 0.2) is 49.1 Å². The van der Waals surface area contributed by atoms with E-state index in [1.807, 2.05) is 24.3 Å². The van der Waals surface area contributed by atoms with Crippen molar-refractivity contribution in [3.05, 3.63) is 60.3 Å². The number of likely N-dealkylation sites (tertiary alicyclic amines) is 1. The molecule has 3 aromatic rings. The van der Waals surface area contributed by atoms with Crippen molar-refractivity contribution in [1.82, 2.24) is 19.8 Å². The van der Waals surface area contributed by atoms with Crippen LogP contribution in [0.4, 0.5) is 11.5 Å². The highest BCUT2D eigenvalue weighted by Crippen LogP contribution is 2.36. The first kappa shape index (κ1) is 29.6. The number of fused-ring (bicyclic) bond motifs is 2. The Morgan fingerprint density at radius 3 is 2.71 bits per heavy atom. The van der Waals surface area contributed by atoms with E-state index in [0.29, 0.717) is 32.3 Å². The number of rotatable bonds is 12. The summed E-state index contributed by atoms with van der Waals surface area (Å²) in [4.78, 5) is 30.7. The van der Waals surface area contributed by atoms with Gasteiger partial charge in [0.25, 0.3) is 0 Å². The first-order chi connectivity index (χ1) is 20.5. The summed E-state index contributed by atoms with van der Waals surface area (Å²) in [7, 11) is 1.79. The average molecular weight is 573 g/mol. The van der Waals surface area contributed by atoms with Gasteiger partial charge in [-0.2, -0.15) is 9.97 Å². The number of nitrogens with zero attached hydrogens (tertiary/aromatic N) is 6. The number of anilines is 2. The Morgan fingerprint density at radius 1 is 1.12 bits per heavy atom. The summed E-state index contributed by atoms with van der Waals surface area (Å²) in [6.07, 6.45) is 6.94. The normalized spacial score (nSPS) is 15.3. The smallest absolute Gasteiger partial charge is 0.318 e. The summed E-state index contributed by atoms with van der Waals surface area (Å²) >= 11 is 0. The number of carbonyl (C=O) groups excluding carboxylic acids is 1. The van der Waals surface area contributed by atoms with Gasteiger partial charge in [0.15, 0.2) is 0 Å². The van der Waals surface area contributed by atoms with Crippen LogP contribution < -0.4 is 14.5 Å². The summed E-state index contributed by atoms with van der Waals surface area (Å²) in [6.45, 7) is 13.0. The van der Waals surface area contributed by atoms with Gasteiger partial charge >= 0.3 is 6.01 Å². The molecule has 0 bridgehead atoms. The van der Waals surface area contributed by atoms with Gasteiger partial charge in [-0.3, -0.25) is 4.79 Å². The molecule has 1 saturated heterocycles. The Morgan fingerprint density at radius 2 is 1.93 bits per heavy atom. The molecule has 9 nitrogen and oxygen atoms in total. The minimum atomic E-state index is -0.0949. The third-order valence-corrected chi connectivity index (χ3v) is 8.42. The molecule has 1 fully saturated rings. The lowest BCUT2D eigenvalue weighted by atomic mass is 10.0. The first-order valence-corrected chi connectivity index (χ1v) is 15.3. The number of ether oxygens (including phenoxy) is 1. The molecule has 2 aromatic carbocycles. The van der Waals surface area contributed by atoms with E-state index in [1.165, 1.54) is 38.4 Å². The summed E-state index contributed by atoms with van der Waals surface area (Å²) in [6, 6.07) is 12.2. The van der Waals surface area contributed by atoms with Gasteiger partial charge in [0.1, 0.15) is 11.6 Å². The molecule has 3 heterocycles. The molecule has 1 amide bonds. The maximum atomic E-state index is 12.1. The Balaban J connectivity index is 1.40. The van der Waals surface area contributed by atoms with E-state index in [-0.39, 0.29) is 11.7 Å². The van der Waals surface area contributed by atoms with Crippen LogP contribution in [-0.2, 0) is 17.8 Å². The Bertz CT molecular complexity index is 1390. The van der Waals surface area contributed by atoms with Crippen molar-refractivity contribution in [2.24, 2.45) is 0 Å². The fourth-order valence-electron chi connectivity index (χ4n) is 6.04. The van der Waals surface area contributed by atoms with Gasteiger partial charge in [0, 0.05) is 62.5 Å². The maximum Gasteiger partial charge on any atom is 0.318 e. The summed E-state index contributed by atoms with van der Waals surface area (Å²) in [5.41, 5.74) is 3.06. The minimum Gasteiger partial charge on any atom is -0.508 e.